The second kappa shape index (κ2) is 39.1. The quantitative estimate of drug-likeness (QED) is 0.120. The van der Waals surface area contributed by atoms with Gasteiger partial charge in [0, 0.05) is 125 Å². The number of hydrogen-bond acceptors (Lipinski definition) is 15. The Hall–Kier alpha value is -11.4. The molecule has 593 valence electrons. The first-order chi connectivity index (χ1) is 55.0. The zero-order valence-corrected chi connectivity index (χ0v) is 72.7. The predicted octanol–water partition coefficient (Wildman–Crippen LogP) is 23.1. The fourth-order valence-electron chi connectivity index (χ4n) is 12.9. The van der Waals surface area contributed by atoms with Gasteiger partial charge in [-0.1, -0.05) is 147 Å². The van der Waals surface area contributed by atoms with Crippen LogP contribution >= 0.6 is 0 Å². The van der Waals surface area contributed by atoms with Crippen LogP contribution in [0.1, 0.15) is 149 Å². The number of pyridine rings is 6. The number of aromatic carboxylic acids is 3. The molecular weight excluding hydrogens is 1980 g/mol. The molecule has 1 aliphatic carbocycles. The molecular formula is C94H87Ir3N8O10-3. The number of carboxylic acid groups (broad SMARTS) is 3. The van der Waals surface area contributed by atoms with Gasteiger partial charge < -0.3 is 59.0 Å². The van der Waals surface area contributed by atoms with Crippen molar-refractivity contribution in [1.29, 1.82) is 0 Å². The van der Waals surface area contributed by atoms with E-state index in [-0.39, 0.29) is 82.8 Å². The van der Waals surface area contributed by atoms with Gasteiger partial charge in [0.25, 0.3) is 0 Å². The van der Waals surface area contributed by atoms with E-state index in [1.807, 2.05) is 171 Å². The number of carbonyl (C=O) groups is 3. The van der Waals surface area contributed by atoms with Crippen LogP contribution in [0.25, 0.3) is 33.8 Å². The number of anilines is 5. The van der Waals surface area contributed by atoms with Gasteiger partial charge in [-0.2, -0.15) is 0 Å². The third-order valence-electron chi connectivity index (χ3n) is 19.9. The molecule has 4 aliphatic rings. The van der Waals surface area contributed by atoms with Crippen molar-refractivity contribution >= 4 is 46.3 Å². The van der Waals surface area contributed by atoms with E-state index in [0.29, 0.717) is 63.0 Å². The summed E-state index contributed by atoms with van der Waals surface area (Å²) < 4.78 is 48.8. The van der Waals surface area contributed by atoms with Crippen LogP contribution in [0.15, 0.2) is 219 Å². The van der Waals surface area contributed by atoms with Crippen LogP contribution in [-0.4, -0.2) is 70.1 Å². The fraction of sp³-hybridized carbons (Fsp3) is 0.202. The molecule has 0 saturated heterocycles. The maximum Gasteiger partial charge on any atom is 0.354 e. The molecule has 0 spiro atoms. The molecule has 9 heterocycles. The van der Waals surface area contributed by atoms with Crippen LogP contribution in [0.5, 0.6) is 46.0 Å². The smallest absolute Gasteiger partial charge is 0.354 e. The van der Waals surface area contributed by atoms with Crippen molar-refractivity contribution in [2.45, 2.75) is 120 Å². The Morgan fingerprint density at radius 2 is 1.10 bits per heavy atom. The number of carboxylic acids is 3. The predicted molar refractivity (Wildman–Crippen MR) is 438 cm³/mol. The van der Waals surface area contributed by atoms with Gasteiger partial charge in [-0.3, -0.25) is 0 Å². The number of nitrogens with zero attached hydrogens (tertiary/aromatic N) is 8. The molecule has 21 heteroatoms. The van der Waals surface area contributed by atoms with Crippen molar-refractivity contribution in [2.75, 3.05) is 16.8 Å². The standard InChI is InChI=1S/C27H23N2O.C22H21N2O.C18H12NO2.C11H13NO2.C10H13NO2.C6H5NO2.3Ir/c1-27(2,3)20-12-14-21(15-13-20)29-23-9-4-5-10-25(23)30-26-18-19(11-16-24(26)29)22-8-6-7-17-28-22;1-13-9-10-20-21(16(13)4)25-22-17(7-6-8-19(22)24(20)5)18-11-14(2)15(3)12-23-18;1-12-9-10-14(19-11-12)13-5-4-8-17-18(13)21-16-7-3-2-6-15(16)20-17;13-11(14)10-6-5-9(7-12-10)8-3-1-2-4-8;1-5-6(2)8(4)11-9(7(5)3)10(12)13;8-6(9)5-3-1-2-4-7-5;;;/h4-17H,1-3H3;6,8-12H,1-5H3;2-4,6-11H,1H3;5-8H,1-4H2,(H,13,14);1-4H3,(H,12,13);1-4H,(H,8,9);;;/q3*-1;;;;;;/i;5D3;;;;;;;. The summed E-state index contributed by atoms with van der Waals surface area (Å²) in [6.07, 6.45) is 13.6. The van der Waals surface area contributed by atoms with Crippen molar-refractivity contribution in [2.24, 2.45) is 0 Å². The summed E-state index contributed by atoms with van der Waals surface area (Å²) >= 11 is 0. The number of benzene rings is 7. The molecule has 3 aliphatic heterocycles. The van der Waals surface area contributed by atoms with E-state index >= 15 is 0 Å². The summed E-state index contributed by atoms with van der Waals surface area (Å²) in [5.41, 5.74) is 20.8. The Balaban J connectivity index is 0.000000167. The Bertz CT molecular complexity index is 5720. The fourth-order valence-corrected chi connectivity index (χ4v) is 12.9. The van der Waals surface area contributed by atoms with Gasteiger partial charge in [-0.15, -0.1) is 48.0 Å². The molecule has 3 N–H and O–H groups in total. The molecule has 18 nitrogen and oxygen atoms in total. The third-order valence-corrected chi connectivity index (χ3v) is 19.9. The van der Waals surface area contributed by atoms with E-state index in [9.17, 15) is 14.4 Å². The van der Waals surface area contributed by atoms with Gasteiger partial charge in [-0.25, -0.2) is 29.3 Å². The summed E-state index contributed by atoms with van der Waals surface area (Å²) in [5, 5.41) is 25.8. The van der Waals surface area contributed by atoms with E-state index in [1.54, 1.807) is 55.7 Å². The maximum absolute atomic E-state index is 10.8. The Labute approximate surface area is 716 Å². The molecule has 0 unspecified atom stereocenters. The minimum absolute atomic E-state index is 0. The van der Waals surface area contributed by atoms with Crippen molar-refractivity contribution in [3.8, 4) is 79.8 Å². The molecule has 0 atom stereocenters. The normalized spacial score (nSPS) is 12.6. The van der Waals surface area contributed by atoms with Gasteiger partial charge >= 0.3 is 17.9 Å². The topological polar surface area (TPSA) is 233 Å². The van der Waals surface area contributed by atoms with Crippen molar-refractivity contribution < 1.29 is 113 Å². The van der Waals surface area contributed by atoms with Crippen molar-refractivity contribution in [1.82, 2.24) is 29.9 Å². The first kappa shape index (κ1) is 83.0. The van der Waals surface area contributed by atoms with Crippen LogP contribution in [0, 0.1) is 80.5 Å². The van der Waals surface area contributed by atoms with Crippen LogP contribution in [0.2, 0.25) is 0 Å². The molecule has 6 aromatic heterocycles. The molecule has 0 amide bonds. The van der Waals surface area contributed by atoms with Crippen LogP contribution in [-0.2, 0) is 65.7 Å². The second-order valence-electron chi connectivity index (χ2n) is 28.4. The summed E-state index contributed by atoms with van der Waals surface area (Å²) in [7, 11) is 0. The summed E-state index contributed by atoms with van der Waals surface area (Å²) in [6, 6.07) is 69.4. The SMILES string of the molecule is CC(C)(C)c1ccc(N2c3ccc(-c4ccccn4)[c-]c3Oc3ccccc32)cc1.Cc1ccc(-c2[c-]ccc3c2Oc2ccccc2O3)nc1.Cc1nc(C(=O)O)c(C)c(C)c1C.O=C(O)c1ccc(C2CCCC2)cn1.O=C(O)c1ccccn1.[2H]C([2H])([2H])N1c2cc[c-]c(-c3cc(C)c(C)cn3)c2Oc2c1ccc(C)c2C.[Ir].[Ir].[Ir]. The Morgan fingerprint density at radius 3 is 1.71 bits per heavy atom. The van der Waals surface area contributed by atoms with E-state index in [2.05, 4.69) is 116 Å². The van der Waals surface area contributed by atoms with E-state index < -0.39 is 24.9 Å². The zero-order valence-electron chi connectivity index (χ0n) is 68.5. The molecule has 1 fully saturated rings. The molecule has 17 rings (SSSR count). The zero-order chi connectivity index (χ0) is 82.0. The maximum atomic E-state index is 10.8. The van der Waals surface area contributed by atoms with E-state index in [1.165, 1.54) is 54.0 Å². The summed E-state index contributed by atoms with van der Waals surface area (Å²) in [5.74, 6) is 3.03. The van der Waals surface area contributed by atoms with E-state index in [4.69, 9.17) is 38.4 Å². The summed E-state index contributed by atoms with van der Waals surface area (Å²) in [4.78, 5) is 60.0. The number of hydrogen-bond donors (Lipinski definition) is 3. The average molecular weight is 2070 g/mol. The average Bonchev–Trinajstić information content (AvgIpc) is 0.745. The van der Waals surface area contributed by atoms with Crippen molar-refractivity contribution in [3.05, 3.63) is 316 Å². The number of aromatic nitrogens is 6. The van der Waals surface area contributed by atoms with Gasteiger partial charge in [0.2, 0.25) is 0 Å². The van der Waals surface area contributed by atoms with Gasteiger partial charge in [0.1, 0.15) is 22.9 Å². The van der Waals surface area contributed by atoms with Gasteiger partial charge in [0.05, 0.1) is 34.4 Å². The molecule has 0 bridgehead atoms. The molecule has 13 aromatic rings. The molecule has 3 radical (unpaired) electrons. The van der Waals surface area contributed by atoms with Crippen LogP contribution < -0.4 is 28.7 Å². The van der Waals surface area contributed by atoms with Gasteiger partial charge in [-0.05, 0) is 220 Å². The largest absolute Gasteiger partial charge is 0.497 e. The first-order valence-electron chi connectivity index (χ1n) is 38.2. The number of para-hydroxylation sites is 4. The monoisotopic (exact) mass is 2070 g/mol. The molecule has 115 heavy (non-hydrogen) atoms. The number of fused-ring (bicyclic) bond motifs is 6. The number of rotatable bonds is 8. The van der Waals surface area contributed by atoms with Crippen molar-refractivity contribution in [3.63, 3.8) is 0 Å². The van der Waals surface area contributed by atoms with Crippen LogP contribution in [0.4, 0.5) is 28.4 Å². The second-order valence-corrected chi connectivity index (χ2v) is 28.4. The third kappa shape index (κ3) is 20.6. The van der Waals surface area contributed by atoms with Crippen LogP contribution in [0.3, 0.4) is 0 Å². The summed E-state index contributed by atoms with van der Waals surface area (Å²) in [6.45, 7) is 21.8. The first-order valence-corrected chi connectivity index (χ1v) is 36.7. The molecule has 7 aromatic carbocycles. The Morgan fingerprint density at radius 1 is 0.478 bits per heavy atom. The minimum Gasteiger partial charge on any atom is -0.497 e. The number of aryl methyl sites for hydroxylation is 5. The van der Waals surface area contributed by atoms with Gasteiger partial charge in [0.15, 0.2) is 17.2 Å². The van der Waals surface area contributed by atoms with E-state index in [0.717, 1.165) is 101 Å². The minimum atomic E-state index is -2.36. The molecule has 1 saturated carbocycles. The number of ether oxygens (including phenoxy) is 4. The Kier molecular flexibility index (Phi) is 28.2.